The number of carboxylic acids is 1. The number of carbonyl (C=O) groups is 1. The van der Waals surface area contributed by atoms with E-state index in [9.17, 15) is 9.90 Å². The highest BCUT2D eigenvalue weighted by Gasteiger charge is 2.13. The van der Waals surface area contributed by atoms with Crippen molar-refractivity contribution in [2.45, 2.75) is 25.5 Å². The molecule has 0 aliphatic carbocycles. The minimum Gasteiger partial charge on any atom is -0.476 e. The molecule has 5 nitrogen and oxygen atoms in total. The molecule has 0 aliphatic heterocycles. The van der Waals surface area contributed by atoms with E-state index in [2.05, 4.69) is 10.3 Å². The van der Waals surface area contributed by atoms with Gasteiger partial charge in [0.05, 0.1) is 11.1 Å². The highest BCUT2D eigenvalue weighted by molar-refractivity contribution is 7.09. The minimum atomic E-state index is -1.01. The molecular formula is C15H17ClN2O3S. The first kappa shape index (κ1) is 16.9. The Hall–Kier alpha value is -1.47. The molecule has 2 atom stereocenters. The van der Waals surface area contributed by atoms with Gasteiger partial charge in [0, 0.05) is 29.4 Å². The van der Waals surface area contributed by atoms with Gasteiger partial charge in [-0.05, 0) is 24.6 Å². The van der Waals surface area contributed by atoms with Crippen LogP contribution in [0.5, 0.6) is 0 Å². The number of carboxylic acid groups (broad SMARTS) is 1. The van der Waals surface area contributed by atoms with E-state index in [0.29, 0.717) is 18.0 Å². The number of halogens is 1. The van der Waals surface area contributed by atoms with Gasteiger partial charge in [-0.15, -0.1) is 11.3 Å². The lowest BCUT2D eigenvalue weighted by Gasteiger charge is -2.16. The molecule has 1 heterocycles. The van der Waals surface area contributed by atoms with E-state index in [4.69, 9.17) is 16.7 Å². The van der Waals surface area contributed by atoms with Crippen LogP contribution in [0.4, 0.5) is 0 Å². The summed E-state index contributed by atoms with van der Waals surface area (Å²) < 4.78 is 0. The molecule has 0 bridgehead atoms. The number of aromatic carboxylic acids is 1. The number of aromatic nitrogens is 1. The van der Waals surface area contributed by atoms with Crippen molar-refractivity contribution in [3.05, 3.63) is 50.9 Å². The molecule has 0 fully saturated rings. The van der Waals surface area contributed by atoms with Gasteiger partial charge >= 0.3 is 5.97 Å². The topological polar surface area (TPSA) is 82.5 Å². The van der Waals surface area contributed by atoms with Crippen molar-refractivity contribution < 1.29 is 15.0 Å². The van der Waals surface area contributed by atoms with Crippen LogP contribution >= 0.6 is 22.9 Å². The van der Waals surface area contributed by atoms with Crippen molar-refractivity contribution in [3.63, 3.8) is 0 Å². The highest BCUT2D eigenvalue weighted by atomic mass is 35.5. The van der Waals surface area contributed by atoms with E-state index in [1.54, 1.807) is 18.2 Å². The van der Waals surface area contributed by atoms with Gasteiger partial charge in [-0.1, -0.05) is 23.7 Å². The molecule has 7 heteroatoms. The zero-order chi connectivity index (χ0) is 16.1. The predicted molar refractivity (Wildman–Crippen MR) is 86.7 cm³/mol. The fourth-order valence-corrected chi connectivity index (χ4v) is 3.08. The second-order valence-corrected chi connectivity index (χ2v) is 6.39. The van der Waals surface area contributed by atoms with Gasteiger partial charge in [-0.3, -0.25) is 0 Å². The van der Waals surface area contributed by atoms with Crippen LogP contribution in [0.15, 0.2) is 29.6 Å². The summed E-state index contributed by atoms with van der Waals surface area (Å²) in [5, 5.41) is 25.1. The van der Waals surface area contributed by atoms with Gasteiger partial charge in [0.25, 0.3) is 0 Å². The van der Waals surface area contributed by atoms with E-state index in [-0.39, 0.29) is 11.7 Å². The van der Waals surface area contributed by atoms with Gasteiger partial charge in [0.1, 0.15) is 0 Å². The molecule has 0 spiro atoms. The van der Waals surface area contributed by atoms with Crippen LogP contribution in [0.3, 0.4) is 0 Å². The zero-order valence-electron chi connectivity index (χ0n) is 12.0. The number of aliphatic hydroxyl groups is 1. The summed E-state index contributed by atoms with van der Waals surface area (Å²) in [6.07, 6.45) is -0.0350. The Balaban J connectivity index is 1.84. The van der Waals surface area contributed by atoms with Crippen LogP contribution in [0.1, 0.15) is 34.1 Å². The molecule has 118 valence electrons. The maximum absolute atomic E-state index is 10.8. The van der Waals surface area contributed by atoms with Gasteiger partial charge < -0.3 is 15.5 Å². The average molecular weight is 341 g/mol. The molecule has 0 saturated carbocycles. The first-order chi connectivity index (χ1) is 10.5. The lowest BCUT2D eigenvalue weighted by molar-refractivity contribution is 0.0691. The summed E-state index contributed by atoms with van der Waals surface area (Å²) in [7, 11) is 0. The van der Waals surface area contributed by atoms with Crippen molar-refractivity contribution >= 4 is 28.9 Å². The van der Waals surface area contributed by atoms with Crippen molar-refractivity contribution in [3.8, 4) is 0 Å². The Labute approximate surface area is 137 Å². The van der Waals surface area contributed by atoms with Crippen LogP contribution < -0.4 is 5.32 Å². The summed E-state index contributed by atoms with van der Waals surface area (Å²) in [6.45, 7) is 2.35. The highest BCUT2D eigenvalue weighted by Crippen LogP contribution is 2.17. The quantitative estimate of drug-likeness (QED) is 0.722. The Kier molecular flexibility index (Phi) is 5.90. The lowest BCUT2D eigenvalue weighted by atomic mass is 10.1. The van der Waals surface area contributed by atoms with E-state index in [1.165, 1.54) is 16.7 Å². The summed E-state index contributed by atoms with van der Waals surface area (Å²) in [6, 6.07) is 7.19. The number of nitrogens with one attached hydrogen (secondary N) is 1. The summed E-state index contributed by atoms with van der Waals surface area (Å²) in [5.41, 5.74) is 0.834. The lowest BCUT2D eigenvalue weighted by Crippen LogP contribution is -2.32. The van der Waals surface area contributed by atoms with Gasteiger partial charge in [0.15, 0.2) is 5.69 Å². The Bertz CT molecular complexity index is 647. The molecule has 0 radical (unpaired) electrons. The second-order valence-electron chi connectivity index (χ2n) is 5.02. The van der Waals surface area contributed by atoms with E-state index in [1.807, 2.05) is 13.0 Å². The van der Waals surface area contributed by atoms with Gasteiger partial charge in [-0.25, -0.2) is 9.78 Å². The van der Waals surface area contributed by atoms with Crippen molar-refractivity contribution in [1.82, 2.24) is 10.3 Å². The van der Waals surface area contributed by atoms with Crippen LogP contribution in [0, 0.1) is 0 Å². The van der Waals surface area contributed by atoms with Crippen LogP contribution in [0.25, 0.3) is 0 Å². The molecule has 2 aromatic rings. The van der Waals surface area contributed by atoms with Gasteiger partial charge in [-0.2, -0.15) is 0 Å². The third-order valence-corrected chi connectivity index (χ3v) is 4.25. The van der Waals surface area contributed by atoms with Crippen molar-refractivity contribution in [2.24, 2.45) is 0 Å². The largest absolute Gasteiger partial charge is 0.476 e. The normalized spacial score (nSPS) is 13.8. The zero-order valence-corrected chi connectivity index (χ0v) is 13.6. The number of hydrogen-bond donors (Lipinski definition) is 3. The molecule has 22 heavy (non-hydrogen) atoms. The number of aliphatic hydroxyl groups excluding tert-OH is 1. The fraction of sp³-hybridized carbons (Fsp3) is 0.333. The van der Waals surface area contributed by atoms with Gasteiger partial charge in [0.2, 0.25) is 0 Å². The molecule has 0 aliphatic rings. The summed E-state index contributed by atoms with van der Waals surface area (Å²) in [4.78, 5) is 14.8. The molecule has 1 unspecified atom stereocenters. The number of thiazole rings is 1. The maximum atomic E-state index is 10.8. The van der Waals surface area contributed by atoms with E-state index in [0.717, 1.165) is 10.6 Å². The smallest absolute Gasteiger partial charge is 0.355 e. The Morgan fingerprint density at radius 1 is 1.50 bits per heavy atom. The third kappa shape index (κ3) is 4.78. The molecular weight excluding hydrogens is 324 g/mol. The molecule has 0 saturated heterocycles. The first-order valence-corrected chi connectivity index (χ1v) is 8.06. The van der Waals surface area contributed by atoms with E-state index < -0.39 is 12.1 Å². The monoisotopic (exact) mass is 340 g/mol. The first-order valence-electron chi connectivity index (χ1n) is 6.80. The van der Waals surface area contributed by atoms with Crippen molar-refractivity contribution in [2.75, 3.05) is 6.54 Å². The standard InChI is InChI=1S/C15H17ClN2O3S/c1-9(5-14-18-12(8-22-14)15(20)21)17-7-13(19)10-3-2-4-11(16)6-10/h2-4,6,8-9,13,17,19H,5,7H2,1H3,(H,20,21)/t9-,13?/m1/s1. The molecule has 0 amide bonds. The predicted octanol–water partition coefficient (Wildman–Crippen LogP) is 2.75. The van der Waals surface area contributed by atoms with E-state index >= 15 is 0 Å². The van der Waals surface area contributed by atoms with Crippen LogP contribution in [0.2, 0.25) is 5.02 Å². The Morgan fingerprint density at radius 2 is 2.27 bits per heavy atom. The number of hydrogen-bond acceptors (Lipinski definition) is 5. The summed E-state index contributed by atoms with van der Waals surface area (Å²) in [5.74, 6) is -1.01. The SMILES string of the molecule is C[C@H](Cc1nc(C(=O)O)cs1)NCC(O)c1cccc(Cl)c1. The average Bonchev–Trinajstić information content (AvgIpc) is 2.93. The molecule has 1 aromatic carbocycles. The third-order valence-electron chi connectivity index (χ3n) is 3.14. The maximum Gasteiger partial charge on any atom is 0.355 e. The van der Waals surface area contributed by atoms with Crippen LogP contribution in [-0.2, 0) is 6.42 Å². The van der Waals surface area contributed by atoms with Crippen LogP contribution in [-0.4, -0.2) is 33.8 Å². The number of benzene rings is 1. The molecule has 2 rings (SSSR count). The summed E-state index contributed by atoms with van der Waals surface area (Å²) >= 11 is 7.23. The fourth-order valence-electron chi connectivity index (χ4n) is 1.98. The number of nitrogens with zero attached hydrogens (tertiary/aromatic N) is 1. The minimum absolute atomic E-state index is 0.0710. The molecule has 1 aromatic heterocycles. The molecule has 3 N–H and O–H groups in total. The number of rotatable bonds is 7. The van der Waals surface area contributed by atoms with Crippen molar-refractivity contribution in [1.29, 1.82) is 0 Å². The second kappa shape index (κ2) is 7.69. The Morgan fingerprint density at radius 3 is 2.91 bits per heavy atom.